The van der Waals surface area contributed by atoms with Gasteiger partial charge in [0.05, 0.1) is 5.69 Å². The summed E-state index contributed by atoms with van der Waals surface area (Å²) in [4.78, 5) is 17.2. The molecule has 2 aromatic heterocycles. The number of nitrogens with zero attached hydrogens (tertiary/aromatic N) is 2. The molecule has 1 aromatic carbocycles. The lowest BCUT2D eigenvalue weighted by Gasteiger charge is -2.05. The number of benzene rings is 1. The van der Waals surface area contributed by atoms with Crippen molar-refractivity contribution in [2.24, 2.45) is 0 Å². The van der Waals surface area contributed by atoms with Crippen LogP contribution in [0.3, 0.4) is 0 Å². The van der Waals surface area contributed by atoms with Gasteiger partial charge in [-0.1, -0.05) is 12.1 Å². The molecule has 6 heteroatoms. The lowest BCUT2D eigenvalue weighted by molar-refractivity contribution is -0.116. The number of alkyl halides is 1. The molecule has 0 aliphatic heterocycles. The Morgan fingerprint density at radius 3 is 2.86 bits per heavy atom. The molecule has 0 saturated heterocycles. The Balaban J connectivity index is 1.71. The molecule has 0 unspecified atom stereocenters. The SMILES string of the molecule is O=C(CCCCl)Nc1ccc(-c2cn3ccsc3n2)cc1. The van der Waals surface area contributed by atoms with E-state index in [2.05, 4.69) is 10.3 Å². The summed E-state index contributed by atoms with van der Waals surface area (Å²) in [5, 5.41) is 4.86. The van der Waals surface area contributed by atoms with Crippen LogP contribution in [0.5, 0.6) is 0 Å². The zero-order valence-electron chi connectivity index (χ0n) is 11.3. The third-order valence-corrected chi connectivity index (χ3v) is 4.13. The summed E-state index contributed by atoms with van der Waals surface area (Å²) in [6, 6.07) is 7.70. The highest BCUT2D eigenvalue weighted by molar-refractivity contribution is 7.15. The van der Waals surface area contributed by atoms with E-state index >= 15 is 0 Å². The van der Waals surface area contributed by atoms with E-state index < -0.39 is 0 Å². The van der Waals surface area contributed by atoms with Crippen LogP contribution in [0.15, 0.2) is 42.0 Å². The summed E-state index contributed by atoms with van der Waals surface area (Å²) in [6.45, 7) is 0. The van der Waals surface area contributed by atoms with Gasteiger partial charge in [-0.3, -0.25) is 9.20 Å². The number of hydrogen-bond donors (Lipinski definition) is 1. The van der Waals surface area contributed by atoms with Crippen LogP contribution in [-0.4, -0.2) is 21.2 Å². The molecule has 0 radical (unpaired) electrons. The summed E-state index contributed by atoms with van der Waals surface area (Å²) in [5.41, 5.74) is 2.76. The van der Waals surface area contributed by atoms with Crippen molar-refractivity contribution in [2.75, 3.05) is 11.2 Å². The van der Waals surface area contributed by atoms with E-state index in [4.69, 9.17) is 11.6 Å². The second-order valence-electron chi connectivity index (χ2n) is 4.64. The van der Waals surface area contributed by atoms with Crippen molar-refractivity contribution in [3.63, 3.8) is 0 Å². The lowest BCUT2D eigenvalue weighted by Crippen LogP contribution is -2.11. The number of amides is 1. The molecule has 0 aliphatic carbocycles. The highest BCUT2D eigenvalue weighted by atomic mass is 35.5. The van der Waals surface area contributed by atoms with Gasteiger partial charge in [-0.15, -0.1) is 22.9 Å². The third-order valence-electron chi connectivity index (χ3n) is 3.10. The zero-order valence-corrected chi connectivity index (χ0v) is 12.8. The number of thiazole rings is 1. The highest BCUT2D eigenvalue weighted by Crippen LogP contribution is 2.23. The van der Waals surface area contributed by atoms with E-state index in [9.17, 15) is 4.79 Å². The Bertz CT molecular complexity index is 719. The molecule has 21 heavy (non-hydrogen) atoms. The minimum atomic E-state index is -0.00842. The predicted octanol–water partition coefficient (Wildman–Crippen LogP) is 4.02. The summed E-state index contributed by atoms with van der Waals surface area (Å²) in [7, 11) is 0. The summed E-state index contributed by atoms with van der Waals surface area (Å²) in [5.74, 6) is 0.495. The fraction of sp³-hybridized carbons (Fsp3) is 0.200. The maximum absolute atomic E-state index is 11.6. The van der Waals surface area contributed by atoms with Crippen LogP contribution in [-0.2, 0) is 4.79 Å². The number of rotatable bonds is 5. The topological polar surface area (TPSA) is 46.4 Å². The first-order chi connectivity index (χ1) is 10.3. The Hall–Kier alpha value is -1.85. The van der Waals surface area contributed by atoms with Crippen molar-refractivity contribution >= 4 is 39.5 Å². The smallest absolute Gasteiger partial charge is 0.224 e. The minimum absolute atomic E-state index is 0.00842. The first kappa shape index (κ1) is 14.1. The van der Waals surface area contributed by atoms with Gasteiger partial charge in [-0.25, -0.2) is 4.98 Å². The molecule has 108 valence electrons. The largest absolute Gasteiger partial charge is 0.326 e. The fourth-order valence-electron chi connectivity index (χ4n) is 2.04. The van der Waals surface area contributed by atoms with Gasteiger partial charge in [-0.2, -0.15) is 0 Å². The van der Waals surface area contributed by atoms with Crippen LogP contribution in [0.2, 0.25) is 0 Å². The number of imidazole rings is 1. The van der Waals surface area contributed by atoms with E-state index in [1.807, 2.05) is 46.4 Å². The van der Waals surface area contributed by atoms with Gasteiger partial charge in [0, 0.05) is 41.3 Å². The summed E-state index contributed by atoms with van der Waals surface area (Å²) < 4.78 is 2.00. The maximum atomic E-state index is 11.6. The van der Waals surface area contributed by atoms with Gasteiger partial charge >= 0.3 is 0 Å². The molecule has 1 N–H and O–H groups in total. The molecule has 0 fully saturated rings. The van der Waals surface area contributed by atoms with E-state index in [0.717, 1.165) is 21.9 Å². The van der Waals surface area contributed by atoms with Crippen LogP contribution in [0.1, 0.15) is 12.8 Å². The minimum Gasteiger partial charge on any atom is -0.326 e. The summed E-state index contributed by atoms with van der Waals surface area (Å²) >= 11 is 7.18. The Labute approximate surface area is 131 Å². The van der Waals surface area contributed by atoms with Gasteiger partial charge in [0.2, 0.25) is 5.91 Å². The lowest BCUT2D eigenvalue weighted by atomic mass is 10.1. The quantitative estimate of drug-likeness (QED) is 0.722. The molecule has 0 atom stereocenters. The van der Waals surface area contributed by atoms with Crippen molar-refractivity contribution in [3.05, 3.63) is 42.0 Å². The maximum Gasteiger partial charge on any atom is 0.224 e. The van der Waals surface area contributed by atoms with Gasteiger partial charge in [0.1, 0.15) is 0 Å². The average Bonchev–Trinajstić information content (AvgIpc) is 3.07. The number of nitrogens with one attached hydrogen (secondary N) is 1. The van der Waals surface area contributed by atoms with Gasteiger partial charge in [0.15, 0.2) is 4.96 Å². The second-order valence-corrected chi connectivity index (χ2v) is 5.89. The van der Waals surface area contributed by atoms with Crippen molar-refractivity contribution in [3.8, 4) is 11.3 Å². The van der Waals surface area contributed by atoms with Crippen molar-refractivity contribution < 1.29 is 4.79 Å². The number of fused-ring (bicyclic) bond motifs is 1. The van der Waals surface area contributed by atoms with E-state index in [1.165, 1.54) is 0 Å². The van der Waals surface area contributed by atoms with Gasteiger partial charge in [-0.05, 0) is 18.6 Å². The molecule has 0 saturated carbocycles. The van der Waals surface area contributed by atoms with Crippen molar-refractivity contribution in [1.82, 2.24) is 9.38 Å². The first-order valence-corrected chi connectivity index (χ1v) is 8.06. The molecule has 1 amide bonds. The molecule has 2 heterocycles. The number of aromatic nitrogens is 2. The summed E-state index contributed by atoms with van der Waals surface area (Å²) in [6.07, 6.45) is 5.13. The number of carbonyl (C=O) groups excluding carboxylic acids is 1. The number of hydrogen-bond acceptors (Lipinski definition) is 3. The third kappa shape index (κ3) is 3.25. The molecule has 4 nitrogen and oxygen atoms in total. The Kier molecular flexibility index (Phi) is 4.22. The number of halogens is 1. The second kappa shape index (κ2) is 6.28. The molecule has 0 bridgehead atoms. The van der Waals surface area contributed by atoms with Gasteiger partial charge in [0.25, 0.3) is 0 Å². The molecular weight excluding hydrogens is 306 g/mol. The molecular formula is C15H14ClN3OS. The van der Waals surface area contributed by atoms with E-state index in [1.54, 1.807) is 11.3 Å². The monoisotopic (exact) mass is 319 g/mol. The predicted molar refractivity (Wildman–Crippen MR) is 87.1 cm³/mol. The van der Waals surface area contributed by atoms with E-state index in [0.29, 0.717) is 18.7 Å². The fourth-order valence-corrected chi connectivity index (χ4v) is 2.88. The van der Waals surface area contributed by atoms with Crippen LogP contribution in [0.25, 0.3) is 16.2 Å². The Morgan fingerprint density at radius 2 is 2.14 bits per heavy atom. The number of carbonyl (C=O) groups is 1. The first-order valence-electron chi connectivity index (χ1n) is 6.65. The van der Waals surface area contributed by atoms with Crippen molar-refractivity contribution in [1.29, 1.82) is 0 Å². The van der Waals surface area contributed by atoms with Gasteiger partial charge < -0.3 is 5.32 Å². The van der Waals surface area contributed by atoms with Crippen LogP contribution < -0.4 is 5.32 Å². The number of anilines is 1. The average molecular weight is 320 g/mol. The van der Waals surface area contributed by atoms with Crippen LogP contribution in [0.4, 0.5) is 5.69 Å². The standard InChI is InChI=1S/C15H14ClN3OS/c16-7-1-2-14(20)17-12-5-3-11(4-6-12)13-10-19-8-9-21-15(19)18-13/h3-6,8-10H,1-2,7H2,(H,17,20). The zero-order chi connectivity index (χ0) is 14.7. The van der Waals surface area contributed by atoms with Crippen LogP contribution >= 0.6 is 22.9 Å². The van der Waals surface area contributed by atoms with Crippen molar-refractivity contribution in [2.45, 2.75) is 12.8 Å². The normalized spacial score (nSPS) is 10.9. The van der Waals surface area contributed by atoms with E-state index in [-0.39, 0.29) is 5.91 Å². The van der Waals surface area contributed by atoms with Crippen LogP contribution in [0, 0.1) is 0 Å². The molecule has 0 spiro atoms. The molecule has 3 rings (SSSR count). The highest BCUT2D eigenvalue weighted by Gasteiger charge is 2.06. The molecule has 0 aliphatic rings. The Morgan fingerprint density at radius 1 is 1.33 bits per heavy atom. The molecule has 3 aromatic rings.